The fourth-order valence-corrected chi connectivity index (χ4v) is 2.94. The summed E-state index contributed by atoms with van der Waals surface area (Å²) >= 11 is 6.18. The first-order valence-electron chi connectivity index (χ1n) is 6.65. The number of fused-ring (bicyclic) bond motifs is 1. The van der Waals surface area contributed by atoms with Crippen molar-refractivity contribution in [1.82, 2.24) is 9.97 Å². The van der Waals surface area contributed by atoms with E-state index in [1.54, 1.807) is 0 Å². The molecule has 1 N–H and O–H groups in total. The lowest BCUT2D eigenvalue weighted by Gasteiger charge is -2.16. The zero-order valence-electron chi connectivity index (χ0n) is 11.1. The molecule has 2 unspecified atom stereocenters. The fraction of sp³-hybridized carbons (Fsp3) is 0.333. The topological polar surface area (TPSA) is 37.8 Å². The van der Waals surface area contributed by atoms with Crippen molar-refractivity contribution in [1.29, 1.82) is 0 Å². The summed E-state index contributed by atoms with van der Waals surface area (Å²) in [5, 5.41) is 3.58. The minimum atomic E-state index is -1.21. The van der Waals surface area contributed by atoms with Gasteiger partial charge in [-0.25, -0.2) is 14.4 Å². The largest absolute Gasteiger partial charge is 0.362 e. The van der Waals surface area contributed by atoms with Crippen molar-refractivity contribution in [2.75, 3.05) is 5.32 Å². The van der Waals surface area contributed by atoms with Gasteiger partial charge in [0.15, 0.2) is 0 Å². The zero-order chi connectivity index (χ0) is 14.1. The monoisotopic (exact) mass is 291 g/mol. The Morgan fingerprint density at radius 1 is 1.35 bits per heavy atom. The molecule has 1 heterocycles. The van der Waals surface area contributed by atoms with Crippen molar-refractivity contribution in [2.24, 2.45) is 0 Å². The highest BCUT2D eigenvalue weighted by atomic mass is 35.5. The van der Waals surface area contributed by atoms with Gasteiger partial charge >= 0.3 is 0 Å². The highest BCUT2D eigenvalue weighted by Crippen LogP contribution is 2.36. The fourth-order valence-electron chi connectivity index (χ4n) is 2.63. The van der Waals surface area contributed by atoms with Crippen LogP contribution < -0.4 is 5.32 Å². The lowest BCUT2D eigenvalue weighted by Crippen LogP contribution is -2.10. The van der Waals surface area contributed by atoms with E-state index in [-0.39, 0.29) is 16.8 Å². The maximum absolute atomic E-state index is 13.4. The number of halogens is 2. The third-order valence-corrected chi connectivity index (χ3v) is 4.01. The first kappa shape index (κ1) is 13.3. The minimum absolute atomic E-state index is 0.168. The Morgan fingerprint density at radius 2 is 2.15 bits per heavy atom. The second-order valence-electron chi connectivity index (χ2n) is 4.97. The van der Waals surface area contributed by atoms with Gasteiger partial charge < -0.3 is 5.32 Å². The van der Waals surface area contributed by atoms with Gasteiger partial charge in [-0.15, -0.1) is 0 Å². The molecule has 20 heavy (non-hydrogen) atoms. The first-order chi connectivity index (χ1) is 9.66. The molecule has 5 heteroatoms. The molecule has 0 bridgehead atoms. The van der Waals surface area contributed by atoms with E-state index in [1.807, 2.05) is 12.1 Å². The van der Waals surface area contributed by atoms with Gasteiger partial charge in [-0.05, 0) is 30.9 Å². The molecular formula is C15H15ClFN3. The highest BCUT2D eigenvalue weighted by molar-refractivity contribution is 6.33. The van der Waals surface area contributed by atoms with Gasteiger partial charge in [-0.3, -0.25) is 0 Å². The maximum Gasteiger partial charge on any atom is 0.149 e. The molecule has 0 amide bonds. The molecule has 0 aliphatic heterocycles. The zero-order valence-corrected chi connectivity index (χ0v) is 11.9. The first-order valence-corrected chi connectivity index (χ1v) is 7.03. The lowest BCUT2D eigenvalue weighted by molar-refractivity contribution is 0.365. The molecule has 3 nitrogen and oxygen atoms in total. The van der Waals surface area contributed by atoms with Gasteiger partial charge in [-0.2, -0.15) is 0 Å². The van der Waals surface area contributed by atoms with Crippen LogP contribution in [-0.4, -0.2) is 9.97 Å². The van der Waals surface area contributed by atoms with Gasteiger partial charge in [0.1, 0.15) is 23.3 Å². The molecule has 0 saturated carbocycles. The average molecular weight is 292 g/mol. The van der Waals surface area contributed by atoms with E-state index in [0.717, 1.165) is 12.8 Å². The summed E-state index contributed by atoms with van der Waals surface area (Å²) in [4.78, 5) is 8.04. The van der Waals surface area contributed by atoms with Crippen LogP contribution in [0.1, 0.15) is 42.4 Å². The van der Waals surface area contributed by atoms with E-state index in [4.69, 9.17) is 11.6 Å². The van der Waals surface area contributed by atoms with Crippen LogP contribution in [0.5, 0.6) is 0 Å². The van der Waals surface area contributed by atoms with Gasteiger partial charge in [0.25, 0.3) is 0 Å². The molecule has 0 spiro atoms. The molecule has 1 aromatic heterocycles. The van der Waals surface area contributed by atoms with Crippen molar-refractivity contribution >= 4 is 17.4 Å². The molecule has 0 saturated heterocycles. The van der Waals surface area contributed by atoms with Crippen LogP contribution >= 0.6 is 11.6 Å². The van der Waals surface area contributed by atoms with Crippen LogP contribution in [0.15, 0.2) is 30.6 Å². The molecule has 1 aliphatic carbocycles. The number of nitrogens with one attached hydrogen (secondary N) is 1. The van der Waals surface area contributed by atoms with Crippen molar-refractivity contribution < 1.29 is 4.39 Å². The predicted octanol–water partition coefficient (Wildman–Crippen LogP) is 4.26. The Balaban J connectivity index is 1.88. The number of aryl methyl sites for hydroxylation is 1. The number of nitrogens with zero attached hydrogens (tertiary/aromatic N) is 2. The van der Waals surface area contributed by atoms with Gasteiger partial charge in [0.05, 0.1) is 11.7 Å². The Bertz CT molecular complexity index is 630. The second-order valence-corrected chi connectivity index (χ2v) is 5.35. The van der Waals surface area contributed by atoms with Gasteiger partial charge in [0, 0.05) is 0 Å². The summed E-state index contributed by atoms with van der Waals surface area (Å²) in [6.45, 7) is 1.42. The normalized spacial score (nSPS) is 18.6. The summed E-state index contributed by atoms with van der Waals surface area (Å²) in [5.74, 6) is 0.503. The number of rotatable bonds is 3. The van der Waals surface area contributed by atoms with Crippen LogP contribution in [-0.2, 0) is 6.42 Å². The molecule has 2 atom stereocenters. The highest BCUT2D eigenvalue weighted by Gasteiger charge is 2.24. The smallest absolute Gasteiger partial charge is 0.149 e. The van der Waals surface area contributed by atoms with Crippen LogP contribution in [0.2, 0.25) is 5.02 Å². The number of hydrogen-bond acceptors (Lipinski definition) is 3. The van der Waals surface area contributed by atoms with E-state index in [0.29, 0.717) is 5.82 Å². The number of anilines is 1. The van der Waals surface area contributed by atoms with E-state index in [1.165, 1.54) is 24.4 Å². The number of hydrogen-bond donors (Lipinski definition) is 1. The molecule has 3 rings (SSSR count). The minimum Gasteiger partial charge on any atom is -0.362 e. The van der Waals surface area contributed by atoms with E-state index in [9.17, 15) is 4.39 Å². The molecule has 1 aromatic carbocycles. The predicted molar refractivity (Wildman–Crippen MR) is 77.7 cm³/mol. The molecule has 0 fully saturated rings. The molecule has 0 radical (unpaired) electrons. The standard InChI is InChI=1S/C15H15ClFN3/c1-9(17)14-13(16)15(19-8-18-14)20-12-7-6-10-4-2-3-5-11(10)12/h2-5,8-9,12H,6-7H2,1H3,(H,18,19,20). The van der Waals surface area contributed by atoms with Crippen molar-refractivity contribution in [3.63, 3.8) is 0 Å². The van der Waals surface area contributed by atoms with E-state index >= 15 is 0 Å². The van der Waals surface area contributed by atoms with Crippen LogP contribution in [0.25, 0.3) is 0 Å². The Morgan fingerprint density at radius 3 is 2.95 bits per heavy atom. The second kappa shape index (κ2) is 5.37. The lowest BCUT2D eigenvalue weighted by atomic mass is 10.1. The average Bonchev–Trinajstić information content (AvgIpc) is 2.84. The maximum atomic E-state index is 13.4. The summed E-state index contributed by atoms with van der Waals surface area (Å²) in [6.07, 6.45) is 2.16. The number of benzene rings is 1. The van der Waals surface area contributed by atoms with E-state index in [2.05, 4.69) is 27.4 Å². The molecular weight excluding hydrogens is 277 g/mol. The SMILES string of the molecule is CC(F)c1ncnc(NC2CCc3ccccc32)c1Cl. The Kier molecular flexibility index (Phi) is 3.57. The summed E-state index contributed by atoms with van der Waals surface area (Å²) in [7, 11) is 0. The number of aromatic nitrogens is 2. The van der Waals surface area contributed by atoms with Crippen molar-refractivity contribution in [3.05, 3.63) is 52.4 Å². The third-order valence-electron chi connectivity index (χ3n) is 3.64. The molecule has 1 aliphatic rings. The van der Waals surface area contributed by atoms with Crippen LogP contribution in [0.4, 0.5) is 10.2 Å². The molecule has 104 valence electrons. The third kappa shape index (κ3) is 2.36. The van der Waals surface area contributed by atoms with Crippen molar-refractivity contribution in [2.45, 2.75) is 32.0 Å². The Labute approximate surface area is 122 Å². The summed E-state index contributed by atoms with van der Waals surface area (Å²) in [6, 6.07) is 8.47. The molecule has 2 aromatic rings. The van der Waals surface area contributed by atoms with Crippen LogP contribution in [0.3, 0.4) is 0 Å². The quantitative estimate of drug-likeness (QED) is 0.918. The van der Waals surface area contributed by atoms with Crippen LogP contribution in [0, 0.1) is 0 Å². The van der Waals surface area contributed by atoms with Crippen molar-refractivity contribution in [3.8, 4) is 0 Å². The van der Waals surface area contributed by atoms with E-state index < -0.39 is 6.17 Å². The summed E-state index contributed by atoms with van der Waals surface area (Å²) < 4.78 is 13.4. The summed E-state index contributed by atoms with van der Waals surface area (Å²) in [5.41, 5.74) is 2.83. The van der Waals surface area contributed by atoms with Gasteiger partial charge in [0.2, 0.25) is 0 Å². The van der Waals surface area contributed by atoms with Gasteiger partial charge in [-0.1, -0.05) is 35.9 Å². The Hall–Kier alpha value is -1.68. The number of alkyl halides is 1.